The summed E-state index contributed by atoms with van der Waals surface area (Å²) < 4.78 is 57.9. The Labute approximate surface area is 322 Å². The first kappa shape index (κ1) is 38.0. The number of benzene rings is 1. The molecule has 2 N–H and O–H groups in total. The van der Waals surface area contributed by atoms with Crippen molar-refractivity contribution in [3.8, 4) is 0 Å². The molecule has 16 heteroatoms. The summed E-state index contributed by atoms with van der Waals surface area (Å²) in [6, 6.07) is 5.27. The van der Waals surface area contributed by atoms with E-state index >= 15 is 0 Å². The van der Waals surface area contributed by atoms with Gasteiger partial charge >= 0.3 is 12.1 Å². The van der Waals surface area contributed by atoms with Gasteiger partial charge < -0.3 is 25.1 Å². The molecule has 2 aliphatic heterocycles. The molecule has 3 saturated carbocycles. The molecule has 2 amide bonds. The summed E-state index contributed by atoms with van der Waals surface area (Å²) in [5.74, 6) is -3.30. The van der Waals surface area contributed by atoms with Gasteiger partial charge in [0.05, 0.1) is 18.0 Å². The van der Waals surface area contributed by atoms with Gasteiger partial charge in [-0.05, 0) is 86.0 Å². The number of amides is 2. The zero-order valence-corrected chi connectivity index (χ0v) is 31.5. The first-order valence-electron chi connectivity index (χ1n) is 19.6. The SMILES string of the molecule is CC1CC2CC(C)C(NC(=O)c3cnc(N4CC5(CCCCC5)c5cc(C(=O)N6CCN(c7ncc(F)cn7)CC6)ccc54)nc3C(F)(F)F)(C(=O)O)C(C1)C2. The van der Waals surface area contributed by atoms with E-state index in [0.717, 1.165) is 62.7 Å². The van der Waals surface area contributed by atoms with Crippen molar-refractivity contribution < 1.29 is 37.1 Å². The average Bonchev–Trinajstić information content (AvgIpc) is 3.48. The summed E-state index contributed by atoms with van der Waals surface area (Å²) >= 11 is 0. The van der Waals surface area contributed by atoms with Crippen LogP contribution in [0.1, 0.15) is 104 Å². The number of aliphatic carboxylic acids is 1. The van der Waals surface area contributed by atoms with Crippen molar-refractivity contribution in [2.24, 2.45) is 23.7 Å². The van der Waals surface area contributed by atoms with Gasteiger partial charge in [-0.3, -0.25) is 9.59 Å². The lowest BCUT2D eigenvalue weighted by molar-refractivity contribution is -0.155. The molecule has 1 saturated heterocycles. The first-order chi connectivity index (χ1) is 26.7. The maximum Gasteiger partial charge on any atom is 0.434 e. The Morgan fingerprint density at radius 1 is 0.893 bits per heavy atom. The van der Waals surface area contributed by atoms with Gasteiger partial charge in [-0.1, -0.05) is 33.1 Å². The number of fused-ring (bicyclic) bond motifs is 4. The molecule has 4 fully saturated rings. The topological polar surface area (TPSA) is 145 Å². The standard InChI is InChI=1S/C40H46F4N8O4/c1-23-14-25-16-24(2)39(35(55)56,27(15-23)17-25)49-33(53)29-21-47-37(48-32(29)40(42,43)44)52-22-38(8-4-3-5-9-38)30-18-26(6-7-31(30)52)34(54)50-10-12-51(13-11-50)36-45-19-28(41)20-46-36/h6-7,18-21,23-25,27H,3-5,8-17,22H2,1-2H3,(H,49,53)(H,55,56). The van der Waals surface area contributed by atoms with Gasteiger partial charge in [0.2, 0.25) is 11.9 Å². The van der Waals surface area contributed by atoms with Crippen LogP contribution >= 0.6 is 0 Å². The summed E-state index contributed by atoms with van der Waals surface area (Å²) in [6.45, 7) is 5.82. The highest BCUT2D eigenvalue weighted by Crippen LogP contribution is 2.53. The number of rotatable bonds is 6. The minimum atomic E-state index is -5.04. The normalized spacial score (nSPS) is 27.2. The number of piperazine rings is 1. The van der Waals surface area contributed by atoms with Gasteiger partial charge in [0, 0.05) is 55.6 Å². The third-order valence-electron chi connectivity index (χ3n) is 13.2. The van der Waals surface area contributed by atoms with E-state index in [1.807, 2.05) is 17.9 Å². The van der Waals surface area contributed by atoms with Crippen LogP contribution in [0.25, 0.3) is 0 Å². The minimum Gasteiger partial charge on any atom is -0.479 e. The van der Waals surface area contributed by atoms with Gasteiger partial charge in [-0.2, -0.15) is 13.2 Å². The van der Waals surface area contributed by atoms with Crippen LogP contribution in [0.2, 0.25) is 0 Å². The second-order valence-corrected chi connectivity index (χ2v) is 16.7. The fourth-order valence-corrected chi connectivity index (χ4v) is 10.6. The Bertz CT molecular complexity index is 2010. The Morgan fingerprint density at radius 2 is 1.59 bits per heavy atom. The van der Waals surface area contributed by atoms with Crippen molar-refractivity contribution in [2.45, 2.75) is 88.8 Å². The molecule has 5 unspecified atom stereocenters. The van der Waals surface area contributed by atoms with Crippen LogP contribution < -0.4 is 15.1 Å². The molecule has 12 nitrogen and oxygen atoms in total. The van der Waals surface area contributed by atoms with Gasteiger partial charge in [-0.25, -0.2) is 29.1 Å². The highest BCUT2D eigenvalue weighted by Gasteiger charge is 2.57. The zero-order valence-electron chi connectivity index (χ0n) is 31.5. The second-order valence-electron chi connectivity index (χ2n) is 16.7. The molecule has 3 aromatic rings. The number of alkyl halides is 3. The number of carboxylic acid groups (broad SMARTS) is 1. The molecule has 4 heterocycles. The Balaban J connectivity index is 1.08. The maximum absolute atomic E-state index is 14.9. The highest BCUT2D eigenvalue weighted by atomic mass is 19.4. The van der Waals surface area contributed by atoms with E-state index in [2.05, 4.69) is 25.3 Å². The van der Waals surface area contributed by atoms with Gasteiger partial charge in [0.1, 0.15) is 5.54 Å². The average molecular weight is 779 g/mol. The van der Waals surface area contributed by atoms with E-state index in [-0.39, 0.29) is 17.8 Å². The van der Waals surface area contributed by atoms with Crippen molar-refractivity contribution in [3.05, 3.63) is 65.0 Å². The van der Waals surface area contributed by atoms with Crippen LogP contribution in [0, 0.1) is 29.5 Å². The van der Waals surface area contributed by atoms with E-state index in [4.69, 9.17) is 0 Å². The molecular formula is C40H46F4N8O4. The molecule has 56 heavy (non-hydrogen) atoms. The summed E-state index contributed by atoms with van der Waals surface area (Å²) in [7, 11) is 0. The summed E-state index contributed by atoms with van der Waals surface area (Å²) in [6.07, 6.45) is 5.10. The van der Waals surface area contributed by atoms with Crippen molar-refractivity contribution in [2.75, 3.05) is 42.5 Å². The Hall–Kier alpha value is -4.89. The van der Waals surface area contributed by atoms with Gasteiger partial charge in [0.15, 0.2) is 11.5 Å². The largest absolute Gasteiger partial charge is 0.479 e. The third-order valence-corrected chi connectivity index (χ3v) is 13.2. The quantitative estimate of drug-likeness (QED) is 0.271. The monoisotopic (exact) mass is 778 g/mol. The minimum absolute atomic E-state index is 0.174. The van der Waals surface area contributed by atoms with Crippen LogP contribution in [0.4, 0.5) is 35.1 Å². The number of halogens is 4. The summed E-state index contributed by atoms with van der Waals surface area (Å²) in [5.41, 5.74) is -2.48. The lowest BCUT2D eigenvalue weighted by Crippen LogP contribution is -2.66. The Morgan fingerprint density at radius 3 is 2.27 bits per heavy atom. The molecule has 1 aromatic carbocycles. The summed E-state index contributed by atoms with van der Waals surface area (Å²) in [5, 5.41) is 13.2. The number of hydrogen-bond donors (Lipinski definition) is 2. The fraction of sp³-hybridized carbons (Fsp3) is 0.575. The number of hydrogen-bond acceptors (Lipinski definition) is 9. The molecule has 3 aliphatic carbocycles. The predicted molar refractivity (Wildman–Crippen MR) is 197 cm³/mol. The molecule has 2 aromatic heterocycles. The molecule has 298 valence electrons. The van der Waals surface area contributed by atoms with Crippen molar-refractivity contribution in [1.29, 1.82) is 0 Å². The first-order valence-corrected chi connectivity index (χ1v) is 19.6. The molecule has 8 rings (SSSR count). The van der Waals surface area contributed by atoms with E-state index in [9.17, 15) is 37.1 Å². The van der Waals surface area contributed by atoms with Gasteiger partial charge in [-0.15, -0.1) is 0 Å². The van der Waals surface area contributed by atoms with Crippen molar-refractivity contribution in [1.82, 2.24) is 30.2 Å². The number of anilines is 3. The van der Waals surface area contributed by atoms with E-state index in [1.165, 1.54) is 0 Å². The number of nitrogens with zero attached hydrogens (tertiary/aromatic N) is 7. The Kier molecular flexibility index (Phi) is 9.67. The summed E-state index contributed by atoms with van der Waals surface area (Å²) in [4.78, 5) is 62.4. The number of carbonyl (C=O) groups is 3. The zero-order chi connectivity index (χ0) is 39.6. The molecule has 1 spiro atoms. The molecular weight excluding hydrogens is 732 g/mol. The van der Waals surface area contributed by atoms with E-state index < -0.39 is 57.9 Å². The molecule has 5 atom stereocenters. The van der Waals surface area contributed by atoms with Crippen LogP contribution in [0.15, 0.2) is 36.8 Å². The fourth-order valence-electron chi connectivity index (χ4n) is 10.6. The predicted octanol–water partition coefficient (Wildman–Crippen LogP) is 6.39. The van der Waals surface area contributed by atoms with Crippen molar-refractivity contribution >= 4 is 35.4 Å². The number of aromatic nitrogens is 4. The van der Waals surface area contributed by atoms with E-state index in [1.54, 1.807) is 28.9 Å². The number of nitrogens with one attached hydrogen (secondary N) is 1. The van der Waals surface area contributed by atoms with Crippen LogP contribution in [0.5, 0.6) is 0 Å². The highest BCUT2D eigenvalue weighted by molar-refractivity contribution is 5.99. The molecule has 2 bridgehead atoms. The maximum atomic E-state index is 14.9. The van der Waals surface area contributed by atoms with Crippen LogP contribution in [-0.2, 0) is 16.4 Å². The smallest absolute Gasteiger partial charge is 0.434 e. The third kappa shape index (κ3) is 6.61. The van der Waals surface area contributed by atoms with E-state index in [0.29, 0.717) is 75.1 Å². The van der Waals surface area contributed by atoms with Crippen LogP contribution in [-0.4, -0.2) is 86.0 Å². The molecule has 0 radical (unpaired) electrons. The lowest BCUT2D eigenvalue weighted by atomic mass is 9.56. The second kappa shape index (κ2) is 14.2. The van der Waals surface area contributed by atoms with Gasteiger partial charge in [0.25, 0.3) is 11.8 Å². The lowest BCUT2D eigenvalue weighted by Gasteiger charge is -2.52. The molecule has 5 aliphatic rings. The van der Waals surface area contributed by atoms with Crippen LogP contribution in [0.3, 0.4) is 0 Å². The van der Waals surface area contributed by atoms with Crippen molar-refractivity contribution in [3.63, 3.8) is 0 Å². The number of carboxylic acids is 1. The number of carbonyl (C=O) groups excluding carboxylic acids is 2.